The van der Waals surface area contributed by atoms with Crippen molar-refractivity contribution in [3.8, 4) is 23.0 Å². The quantitative estimate of drug-likeness (QED) is 0.0326. The van der Waals surface area contributed by atoms with E-state index in [0.29, 0.717) is 0 Å². The van der Waals surface area contributed by atoms with Gasteiger partial charge in [0, 0.05) is 0 Å². The van der Waals surface area contributed by atoms with Crippen LogP contribution in [0, 0.1) is 0 Å². The zero-order chi connectivity index (χ0) is 55.0. The molecule has 0 aromatic heterocycles. The summed E-state index contributed by atoms with van der Waals surface area (Å²) in [6.07, 6.45) is 52.9. The van der Waals surface area contributed by atoms with Crippen LogP contribution in [0.4, 0.5) is 0 Å². The molecule has 0 heterocycles. The van der Waals surface area contributed by atoms with Crippen molar-refractivity contribution in [3.63, 3.8) is 0 Å². The number of hydrogen-bond donors (Lipinski definition) is 0. The predicted molar refractivity (Wildman–Crippen MR) is 340 cm³/mol. The summed E-state index contributed by atoms with van der Waals surface area (Å²) in [4.78, 5) is 0. The van der Waals surface area contributed by atoms with Crippen LogP contribution in [0.15, 0.2) is 97.1 Å². The van der Waals surface area contributed by atoms with Gasteiger partial charge in [0.15, 0.2) is 0 Å². The second-order valence-corrected chi connectivity index (χ2v) is 23.0. The molecule has 4 aromatic rings. The van der Waals surface area contributed by atoms with Gasteiger partial charge in [-0.3, -0.25) is 0 Å². The number of rotatable bonds is 52. The molecule has 0 aliphatic heterocycles. The van der Waals surface area contributed by atoms with Crippen LogP contribution in [-0.2, 0) is 0 Å². The lowest BCUT2D eigenvalue weighted by atomic mass is 9.85. The van der Waals surface area contributed by atoms with Gasteiger partial charge in [0.1, 0.15) is 23.0 Å². The largest absolute Gasteiger partial charge is 0.494 e. The second-order valence-electron chi connectivity index (χ2n) is 23.0. The van der Waals surface area contributed by atoms with Gasteiger partial charge in [0.25, 0.3) is 0 Å². The van der Waals surface area contributed by atoms with Gasteiger partial charge < -0.3 is 18.9 Å². The minimum Gasteiger partial charge on any atom is -0.494 e. The lowest BCUT2D eigenvalue weighted by Gasteiger charge is -2.19. The Labute approximate surface area is 481 Å². The third-order valence-corrected chi connectivity index (χ3v) is 15.9. The normalized spacial score (nSPS) is 11.3. The molecule has 0 aliphatic rings. The van der Waals surface area contributed by atoms with Crippen molar-refractivity contribution >= 4 is 11.1 Å². The summed E-state index contributed by atoms with van der Waals surface area (Å²) in [5, 5.41) is 0. The van der Waals surface area contributed by atoms with Crippen LogP contribution in [0.2, 0.25) is 0 Å². The molecule has 0 saturated carbocycles. The van der Waals surface area contributed by atoms with E-state index in [1.54, 1.807) is 0 Å². The van der Waals surface area contributed by atoms with Gasteiger partial charge in [-0.25, -0.2) is 0 Å². The van der Waals surface area contributed by atoms with E-state index in [1.165, 1.54) is 242 Å². The van der Waals surface area contributed by atoms with Gasteiger partial charge in [0.05, 0.1) is 26.4 Å². The highest BCUT2D eigenvalue weighted by molar-refractivity contribution is 6.04. The molecule has 0 aliphatic carbocycles. The van der Waals surface area contributed by atoms with Crippen LogP contribution in [0.3, 0.4) is 0 Å². The molecule has 0 saturated heterocycles. The molecule has 0 spiro atoms. The zero-order valence-corrected chi connectivity index (χ0v) is 51.0. The average molecular weight is 1070 g/mol. The lowest BCUT2D eigenvalue weighted by molar-refractivity contribution is 0.304. The molecule has 0 amide bonds. The van der Waals surface area contributed by atoms with Crippen molar-refractivity contribution in [1.29, 1.82) is 0 Å². The van der Waals surface area contributed by atoms with Crippen LogP contribution in [-0.4, -0.2) is 26.4 Å². The highest BCUT2D eigenvalue weighted by Gasteiger charge is 2.18. The van der Waals surface area contributed by atoms with E-state index >= 15 is 0 Å². The smallest absolute Gasteiger partial charge is 0.119 e. The molecular weight excluding hydrogens is 953 g/mol. The maximum absolute atomic E-state index is 6.38. The number of ether oxygens (including phenoxy) is 4. The van der Waals surface area contributed by atoms with Crippen molar-refractivity contribution in [1.82, 2.24) is 0 Å². The van der Waals surface area contributed by atoms with Crippen LogP contribution >= 0.6 is 0 Å². The van der Waals surface area contributed by atoms with Crippen LogP contribution in [0.5, 0.6) is 23.0 Å². The number of hydrogen-bond acceptors (Lipinski definition) is 4. The molecule has 436 valence electrons. The summed E-state index contributed by atoms with van der Waals surface area (Å²) in [5.74, 6) is 3.72. The van der Waals surface area contributed by atoms with Gasteiger partial charge >= 0.3 is 0 Å². The van der Waals surface area contributed by atoms with Crippen molar-refractivity contribution in [2.75, 3.05) is 26.4 Å². The first-order valence-electron chi connectivity index (χ1n) is 33.3. The average Bonchev–Trinajstić information content (AvgIpc) is 3.49. The molecule has 4 aromatic carbocycles. The SMILES string of the molecule is CCCCCCCCCCCCOc1ccc(C(=C(c2ccc(OCCCCCCCCCCCC)cc2)c2ccc(OCCCCCCCCCCCC)cc2)c2ccc(OCCCCCCCCCCCC)cc2)cc1. The summed E-state index contributed by atoms with van der Waals surface area (Å²) in [7, 11) is 0. The highest BCUT2D eigenvalue weighted by atomic mass is 16.5. The molecular formula is C74H116O4. The van der Waals surface area contributed by atoms with E-state index in [1.807, 2.05) is 0 Å². The lowest BCUT2D eigenvalue weighted by Crippen LogP contribution is -2.01. The summed E-state index contributed by atoms with van der Waals surface area (Å²) in [5.41, 5.74) is 6.96. The number of unbranched alkanes of at least 4 members (excludes halogenated alkanes) is 36. The first kappa shape index (κ1) is 66.3. The number of benzene rings is 4. The summed E-state index contributed by atoms with van der Waals surface area (Å²) in [6.45, 7) is 12.2. The molecule has 4 heteroatoms. The van der Waals surface area contributed by atoms with E-state index in [0.717, 1.165) is 97.4 Å². The molecule has 78 heavy (non-hydrogen) atoms. The Kier molecular flexibility index (Phi) is 39.6. The fourth-order valence-corrected chi connectivity index (χ4v) is 10.9. The van der Waals surface area contributed by atoms with E-state index in [2.05, 4.69) is 125 Å². The monoisotopic (exact) mass is 1070 g/mol. The summed E-state index contributed by atoms with van der Waals surface area (Å²) >= 11 is 0. The van der Waals surface area contributed by atoms with Gasteiger partial charge in [-0.2, -0.15) is 0 Å². The molecule has 0 N–H and O–H groups in total. The fraction of sp³-hybridized carbons (Fsp3) is 0.649. The second kappa shape index (κ2) is 46.6. The van der Waals surface area contributed by atoms with Gasteiger partial charge in [-0.1, -0.05) is 307 Å². The first-order chi connectivity index (χ1) is 38.7. The minimum atomic E-state index is 0.756. The Morgan fingerprint density at radius 2 is 0.333 bits per heavy atom. The topological polar surface area (TPSA) is 36.9 Å². The molecule has 0 bridgehead atoms. The Bertz CT molecular complexity index is 1690. The Morgan fingerprint density at radius 3 is 0.487 bits per heavy atom. The van der Waals surface area contributed by atoms with Gasteiger partial charge in [0.2, 0.25) is 0 Å². The first-order valence-corrected chi connectivity index (χ1v) is 33.3. The minimum absolute atomic E-state index is 0.756. The van der Waals surface area contributed by atoms with Crippen molar-refractivity contribution in [2.45, 2.75) is 285 Å². The van der Waals surface area contributed by atoms with Crippen LogP contribution in [0.25, 0.3) is 11.1 Å². The van der Waals surface area contributed by atoms with Gasteiger partial charge in [-0.15, -0.1) is 0 Å². The van der Waals surface area contributed by atoms with Crippen molar-refractivity contribution in [2.24, 2.45) is 0 Å². The zero-order valence-electron chi connectivity index (χ0n) is 51.0. The van der Waals surface area contributed by atoms with E-state index in [9.17, 15) is 0 Å². The molecule has 0 fully saturated rings. The Balaban J connectivity index is 1.51. The third-order valence-electron chi connectivity index (χ3n) is 15.9. The van der Waals surface area contributed by atoms with Crippen LogP contribution in [0.1, 0.15) is 307 Å². The van der Waals surface area contributed by atoms with Gasteiger partial charge in [-0.05, 0) is 108 Å². The third kappa shape index (κ3) is 31.0. The summed E-state index contributed by atoms with van der Waals surface area (Å²) in [6, 6.07) is 35.4. The van der Waals surface area contributed by atoms with Crippen LogP contribution < -0.4 is 18.9 Å². The molecule has 0 radical (unpaired) electrons. The highest BCUT2D eigenvalue weighted by Crippen LogP contribution is 2.39. The molecule has 0 atom stereocenters. The Morgan fingerprint density at radius 1 is 0.192 bits per heavy atom. The van der Waals surface area contributed by atoms with Crippen molar-refractivity contribution in [3.05, 3.63) is 119 Å². The maximum Gasteiger partial charge on any atom is 0.119 e. The summed E-state index contributed by atoms with van der Waals surface area (Å²) < 4.78 is 25.5. The molecule has 4 rings (SSSR count). The predicted octanol–water partition coefficient (Wildman–Crippen LogP) is 23.9. The van der Waals surface area contributed by atoms with E-state index in [4.69, 9.17) is 18.9 Å². The Hall–Kier alpha value is -4.18. The maximum atomic E-state index is 6.38. The van der Waals surface area contributed by atoms with E-state index < -0.39 is 0 Å². The standard InChI is InChI=1S/C74H116O4/c1-5-9-13-17-21-25-29-33-37-41-61-75-69-53-45-65(46-54-69)73(66-47-55-70(56-48-66)76-62-42-38-34-30-26-22-18-14-10-6-2)74(67-49-57-71(58-50-67)77-63-43-39-35-31-27-23-19-15-11-7-3)68-51-59-72(60-52-68)78-64-44-40-36-32-28-24-20-16-12-8-4/h45-60H,5-44,61-64H2,1-4H3. The molecule has 0 unspecified atom stereocenters. The van der Waals surface area contributed by atoms with E-state index in [-0.39, 0.29) is 0 Å². The fourth-order valence-electron chi connectivity index (χ4n) is 10.9. The van der Waals surface area contributed by atoms with Crippen molar-refractivity contribution < 1.29 is 18.9 Å². The molecule has 4 nitrogen and oxygen atoms in total.